The maximum atomic E-state index is 8.82. The Kier molecular flexibility index (Phi) is 4.59. The average Bonchev–Trinajstić information content (AvgIpc) is 2.19. The number of hydrogen-bond donors (Lipinski definition) is 2. The molecule has 0 saturated heterocycles. The molecule has 14 heavy (non-hydrogen) atoms. The van der Waals surface area contributed by atoms with Gasteiger partial charge in [-0.15, -0.1) is 0 Å². The molecule has 0 saturated carbocycles. The summed E-state index contributed by atoms with van der Waals surface area (Å²) < 4.78 is 5.03. The lowest BCUT2D eigenvalue weighted by atomic mass is 10.0. The van der Waals surface area contributed by atoms with E-state index in [9.17, 15) is 0 Å². The van der Waals surface area contributed by atoms with Crippen LogP contribution in [0.5, 0.6) is 0 Å². The van der Waals surface area contributed by atoms with E-state index in [4.69, 9.17) is 15.6 Å². The fraction of sp³-hybridized carbons (Fsp3) is 0.455. The summed E-state index contributed by atoms with van der Waals surface area (Å²) in [4.78, 5) is 0. The highest BCUT2D eigenvalue weighted by Crippen LogP contribution is 2.08. The van der Waals surface area contributed by atoms with Crippen LogP contribution in [0.3, 0.4) is 0 Å². The largest absolute Gasteiger partial charge is 0.395 e. The second-order valence-electron chi connectivity index (χ2n) is 3.40. The third-order valence-electron chi connectivity index (χ3n) is 2.03. The Morgan fingerprint density at radius 3 is 2.79 bits per heavy atom. The Hall–Kier alpha value is -0.900. The molecule has 1 rings (SSSR count). The van der Waals surface area contributed by atoms with Crippen molar-refractivity contribution in [2.75, 3.05) is 13.7 Å². The maximum absolute atomic E-state index is 8.82. The highest BCUT2D eigenvalue weighted by atomic mass is 16.5. The molecule has 1 aromatic rings. The Morgan fingerprint density at radius 2 is 2.14 bits per heavy atom. The van der Waals surface area contributed by atoms with Crippen LogP contribution in [0.2, 0.25) is 0 Å². The molecule has 0 heterocycles. The van der Waals surface area contributed by atoms with Crippen LogP contribution in [-0.2, 0) is 17.8 Å². The molecule has 3 N–H and O–H groups in total. The van der Waals surface area contributed by atoms with Crippen LogP contribution in [0.1, 0.15) is 11.1 Å². The van der Waals surface area contributed by atoms with E-state index >= 15 is 0 Å². The first-order chi connectivity index (χ1) is 6.76. The smallest absolute Gasteiger partial charge is 0.0713 e. The minimum atomic E-state index is -0.173. The molecule has 0 amide bonds. The van der Waals surface area contributed by atoms with Gasteiger partial charge in [0.2, 0.25) is 0 Å². The number of nitrogens with two attached hydrogens (primary N) is 1. The van der Waals surface area contributed by atoms with Crippen molar-refractivity contribution in [3.05, 3.63) is 35.4 Å². The lowest BCUT2D eigenvalue weighted by molar-refractivity contribution is 0.185. The van der Waals surface area contributed by atoms with Crippen molar-refractivity contribution >= 4 is 0 Å². The molecule has 1 aromatic carbocycles. The zero-order chi connectivity index (χ0) is 10.4. The number of aliphatic hydroxyl groups excluding tert-OH is 1. The van der Waals surface area contributed by atoms with Gasteiger partial charge in [-0.1, -0.05) is 24.3 Å². The van der Waals surface area contributed by atoms with E-state index in [2.05, 4.69) is 6.07 Å². The van der Waals surface area contributed by atoms with Crippen molar-refractivity contribution in [3.8, 4) is 0 Å². The van der Waals surface area contributed by atoms with Crippen LogP contribution in [-0.4, -0.2) is 24.9 Å². The van der Waals surface area contributed by atoms with Crippen molar-refractivity contribution in [2.24, 2.45) is 5.73 Å². The topological polar surface area (TPSA) is 55.5 Å². The molecule has 78 valence electrons. The maximum Gasteiger partial charge on any atom is 0.0713 e. The first-order valence-electron chi connectivity index (χ1n) is 4.69. The van der Waals surface area contributed by atoms with Crippen molar-refractivity contribution in [3.63, 3.8) is 0 Å². The molecule has 0 aromatic heterocycles. The monoisotopic (exact) mass is 195 g/mol. The molecule has 3 nitrogen and oxygen atoms in total. The lowest BCUT2D eigenvalue weighted by Crippen LogP contribution is -2.26. The molecule has 0 aliphatic rings. The van der Waals surface area contributed by atoms with E-state index < -0.39 is 0 Å². The van der Waals surface area contributed by atoms with Gasteiger partial charge in [-0.2, -0.15) is 0 Å². The van der Waals surface area contributed by atoms with Crippen LogP contribution in [0.4, 0.5) is 0 Å². The number of benzene rings is 1. The van der Waals surface area contributed by atoms with Gasteiger partial charge in [0.15, 0.2) is 0 Å². The molecule has 1 unspecified atom stereocenters. The van der Waals surface area contributed by atoms with Crippen LogP contribution in [0.25, 0.3) is 0 Å². The molecule has 0 radical (unpaired) electrons. The summed E-state index contributed by atoms with van der Waals surface area (Å²) in [5.41, 5.74) is 7.92. The standard InChI is InChI=1S/C11H17NO2/c1-14-8-10-4-2-3-9(5-10)6-11(12)7-13/h2-5,11,13H,6-8,12H2,1H3. The highest BCUT2D eigenvalue weighted by Gasteiger charge is 2.02. The predicted octanol–water partition coefficient (Wildman–Crippen LogP) is 0.695. The van der Waals surface area contributed by atoms with Gasteiger partial charge in [0.05, 0.1) is 13.2 Å². The Bertz CT molecular complexity index is 276. The summed E-state index contributed by atoms with van der Waals surface area (Å²) in [6, 6.07) is 7.88. The summed E-state index contributed by atoms with van der Waals surface area (Å²) in [6.45, 7) is 0.636. The second-order valence-corrected chi connectivity index (χ2v) is 3.40. The van der Waals surface area contributed by atoms with E-state index in [1.165, 1.54) is 0 Å². The summed E-state index contributed by atoms with van der Waals surface area (Å²) in [5, 5.41) is 8.82. The Labute approximate surface area is 84.5 Å². The van der Waals surface area contributed by atoms with E-state index in [1.807, 2.05) is 18.2 Å². The van der Waals surface area contributed by atoms with Crippen molar-refractivity contribution in [1.29, 1.82) is 0 Å². The number of hydrogen-bond acceptors (Lipinski definition) is 3. The summed E-state index contributed by atoms with van der Waals surface area (Å²) >= 11 is 0. The summed E-state index contributed by atoms with van der Waals surface area (Å²) in [7, 11) is 1.67. The second kappa shape index (κ2) is 5.75. The fourth-order valence-corrected chi connectivity index (χ4v) is 1.38. The van der Waals surface area contributed by atoms with Gasteiger partial charge in [-0.25, -0.2) is 0 Å². The first kappa shape index (κ1) is 11.2. The van der Waals surface area contributed by atoms with Crippen LogP contribution in [0, 0.1) is 0 Å². The molecule has 0 spiro atoms. The predicted molar refractivity (Wildman–Crippen MR) is 55.9 cm³/mol. The molecule has 3 heteroatoms. The quantitative estimate of drug-likeness (QED) is 0.727. The highest BCUT2D eigenvalue weighted by molar-refractivity contribution is 5.23. The number of methoxy groups -OCH3 is 1. The molecule has 1 atom stereocenters. The molecule has 0 aliphatic heterocycles. The number of ether oxygens (including phenoxy) is 1. The zero-order valence-electron chi connectivity index (χ0n) is 8.44. The fourth-order valence-electron chi connectivity index (χ4n) is 1.38. The zero-order valence-corrected chi connectivity index (χ0v) is 8.44. The molecule has 0 aliphatic carbocycles. The van der Waals surface area contributed by atoms with Crippen LogP contribution < -0.4 is 5.73 Å². The van der Waals surface area contributed by atoms with Crippen LogP contribution >= 0.6 is 0 Å². The first-order valence-corrected chi connectivity index (χ1v) is 4.69. The third-order valence-corrected chi connectivity index (χ3v) is 2.03. The van der Waals surface area contributed by atoms with Gasteiger partial charge in [-0.05, 0) is 17.5 Å². The third kappa shape index (κ3) is 3.46. The van der Waals surface area contributed by atoms with E-state index in [1.54, 1.807) is 7.11 Å². The summed E-state index contributed by atoms with van der Waals surface area (Å²) in [6.07, 6.45) is 0.702. The van der Waals surface area contributed by atoms with E-state index in [0.717, 1.165) is 11.1 Å². The molecular formula is C11H17NO2. The lowest BCUT2D eigenvalue weighted by Gasteiger charge is -2.09. The van der Waals surface area contributed by atoms with Gasteiger partial charge < -0.3 is 15.6 Å². The average molecular weight is 195 g/mol. The molecular weight excluding hydrogens is 178 g/mol. The SMILES string of the molecule is COCc1cccc(CC(N)CO)c1. The van der Waals surface area contributed by atoms with Crippen molar-refractivity contribution < 1.29 is 9.84 Å². The molecule has 0 fully saturated rings. The van der Waals surface area contributed by atoms with Gasteiger partial charge >= 0.3 is 0 Å². The van der Waals surface area contributed by atoms with Gasteiger partial charge in [-0.3, -0.25) is 0 Å². The van der Waals surface area contributed by atoms with Crippen LogP contribution in [0.15, 0.2) is 24.3 Å². The minimum Gasteiger partial charge on any atom is -0.395 e. The normalized spacial score (nSPS) is 12.8. The number of aliphatic hydroxyl groups is 1. The number of rotatable bonds is 5. The Morgan fingerprint density at radius 1 is 1.43 bits per heavy atom. The van der Waals surface area contributed by atoms with Gasteiger partial charge in [0.25, 0.3) is 0 Å². The van der Waals surface area contributed by atoms with Gasteiger partial charge in [0, 0.05) is 13.2 Å². The van der Waals surface area contributed by atoms with Crippen molar-refractivity contribution in [1.82, 2.24) is 0 Å². The molecule has 0 bridgehead atoms. The van der Waals surface area contributed by atoms with Crippen molar-refractivity contribution in [2.45, 2.75) is 19.1 Å². The van der Waals surface area contributed by atoms with E-state index in [0.29, 0.717) is 13.0 Å². The van der Waals surface area contributed by atoms with Gasteiger partial charge in [0.1, 0.15) is 0 Å². The minimum absolute atomic E-state index is 0.0223. The summed E-state index contributed by atoms with van der Waals surface area (Å²) in [5.74, 6) is 0. The van der Waals surface area contributed by atoms with E-state index in [-0.39, 0.29) is 12.6 Å². The Balaban J connectivity index is 2.63.